The predicted molar refractivity (Wildman–Crippen MR) is 71.6 cm³/mol. The summed E-state index contributed by atoms with van der Waals surface area (Å²) in [5.74, 6) is -0.193. The Balaban J connectivity index is 3.41. The predicted octanol–water partition coefficient (Wildman–Crippen LogP) is 3.54. The van der Waals surface area contributed by atoms with E-state index in [0.717, 1.165) is 0 Å². The SMILES string of the molecule is O=C(CBr)c1ccc(I)c([N+](=O)[O-])c1Br. The van der Waals surface area contributed by atoms with Crippen LogP contribution in [0.25, 0.3) is 0 Å². The minimum absolute atomic E-state index is 0.0672. The van der Waals surface area contributed by atoms with Gasteiger partial charge < -0.3 is 0 Å². The molecule has 0 atom stereocenters. The van der Waals surface area contributed by atoms with E-state index in [1.807, 2.05) is 22.6 Å². The fraction of sp³-hybridized carbons (Fsp3) is 0.125. The molecule has 0 spiro atoms. The molecule has 0 heterocycles. The average Bonchev–Trinajstić information content (AvgIpc) is 2.16. The number of Topliss-reactive ketones (excluding diaryl/α,β-unsaturated/α-hetero) is 1. The van der Waals surface area contributed by atoms with Crippen molar-refractivity contribution in [2.75, 3.05) is 5.33 Å². The number of ketones is 1. The van der Waals surface area contributed by atoms with Gasteiger partial charge in [-0.2, -0.15) is 0 Å². The molecule has 0 unspecified atom stereocenters. The molecule has 7 heteroatoms. The first-order valence-corrected chi connectivity index (χ1v) is 6.70. The molecule has 1 aromatic rings. The molecular weight excluding hydrogens is 445 g/mol. The third-order valence-electron chi connectivity index (χ3n) is 1.67. The van der Waals surface area contributed by atoms with Crippen molar-refractivity contribution >= 4 is 65.9 Å². The number of nitro groups is 1. The summed E-state index contributed by atoms with van der Waals surface area (Å²) in [4.78, 5) is 21.7. The van der Waals surface area contributed by atoms with Crippen molar-refractivity contribution in [2.45, 2.75) is 0 Å². The van der Waals surface area contributed by atoms with E-state index in [1.54, 1.807) is 12.1 Å². The van der Waals surface area contributed by atoms with E-state index in [0.29, 0.717) is 9.13 Å². The molecule has 15 heavy (non-hydrogen) atoms. The largest absolute Gasteiger partial charge is 0.297 e. The van der Waals surface area contributed by atoms with Gasteiger partial charge in [-0.15, -0.1) is 0 Å². The summed E-state index contributed by atoms with van der Waals surface area (Å²) in [5, 5.41) is 10.9. The summed E-state index contributed by atoms with van der Waals surface area (Å²) in [6.07, 6.45) is 0. The number of carbonyl (C=O) groups is 1. The van der Waals surface area contributed by atoms with Gasteiger partial charge in [-0.1, -0.05) is 15.9 Å². The highest BCUT2D eigenvalue weighted by Crippen LogP contribution is 2.33. The van der Waals surface area contributed by atoms with Crippen LogP contribution in [0, 0.1) is 13.7 Å². The zero-order valence-corrected chi connectivity index (χ0v) is 12.5. The number of hydrogen-bond acceptors (Lipinski definition) is 3. The highest BCUT2D eigenvalue weighted by atomic mass is 127. The molecule has 1 aromatic carbocycles. The summed E-state index contributed by atoms with van der Waals surface area (Å²) < 4.78 is 0.736. The first-order chi connectivity index (χ1) is 6.99. The normalized spacial score (nSPS) is 10.1. The van der Waals surface area contributed by atoms with Crippen molar-refractivity contribution in [3.63, 3.8) is 0 Å². The van der Waals surface area contributed by atoms with Crippen LogP contribution in [0.2, 0.25) is 0 Å². The van der Waals surface area contributed by atoms with Gasteiger partial charge in [0, 0.05) is 5.56 Å². The lowest BCUT2D eigenvalue weighted by atomic mass is 10.1. The standard InChI is InChI=1S/C8H4Br2INO3/c9-3-6(13)4-1-2-5(11)8(7(4)10)12(14)15/h1-2H,3H2. The number of nitro benzene ring substituents is 1. The molecule has 0 radical (unpaired) electrons. The van der Waals surface area contributed by atoms with E-state index < -0.39 is 4.92 Å². The summed E-state index contributed by atoms with van der Waals surface area (Å²) in [6.45, 7) is 0. The minimum atomic E-state index is -0.503. The fourth-order valence-electron chi connectivity index (χ4n) is 0.996. The third kappa shape index (κ3) is 2.76. The first-order valence-electron chi connectivity index (χ1n) is 3.70. The van der Waals surface area contributed by atoms with Gasteiger partial charge in [-0.05, 0) is 50.7 Å². The number of rotatable bonds is 3. The number of carbonyl (C=O) groups excluding carboxylic acids is 1. The lowest BCUT2D eigenvalue weighted by molar-refractivity contribution is -0.386. The van der Waals surface area contributed by atoms with Crippen molar-refractivity contribution in [3.05, 3.63) is 35.9 Å². The lowest BCUT2D eigenvalue weighted by Gasteiger charge is -2.03. The Kier molecular flexibility index (Phi) is 4.65. The Bertz CT molecular complexity index is 436. The molecule has 0 N–H and O–H groups in total. The van der Waals surface area contributed by atoms with Gasteiger partial charge in [-0.25, -0.2) is 0 Å². The van der Waals surface area contributed by atoms with Gasteiger partial charge >= 0.3 is 0 Å². The van der Waals surface area contributed by atoms with E-state index in [1.165, 1.54) is 0 Å². The number of hydrogen-bond donors (Lipinski definition) is 0. The van der Waals surface area contributed by atoms with Gasteiger partial charge in [0.2, 0.25) is 0 Å². The molecule has 0 saturated carbocycles. The van der Waals surface area contributed by atoms with Crippen LogP contribution in [0.15, 0.2) is 16.6 Å². The Labute approximate surface area is 116 Å². The van der Waals surface area contributed by atoms with Crippen LogP contribution in [0.3, 0.4) is 0 Å². The molecular formula is C8H4Br2INO3. The third-order valence-corrected chi connectivity index (χ3v) is 3.85. The van der Waals surface area contributed by atoms with E-state index in [9.17, 15) is 14.9 Å². The summed E-state index contributed by atoms with van der Waals surface area (Å²) in [5.41, 5.74) is 0.251. The maximum atomic E-state index is 11.4. The second-order valence-electron chi connectivity index (χ2n) is 2.57. The quantitative estimate of drug-likeness (QED) is 0.234. The molecule has 1 rings (SSSR count). The number of alkyl halides is 1. The van der Waals surface area contributed by atoms with Gasteiger partial charge in [0.05, 0.1) is 13.8 Å². The molecule has 0 aliphatic carbocycles. The Morgan fingerprint density at radius 2 is 2.13 bits per heavy atom. The second kappa shape index (κ2) is 5.35. The van der Waals surface area contributed by atoms with E-state index in [2.05, 4.69) is 31.9 Å². The van der Waals surface area contributed by atoms with Crippen molar-refractivity contribution in [1.29, 1.82) is 0 Å². The first kappa shape index (κ1) is 13.0. The number of benzene rings is 1. The topological polar surface area (TPSA) is 60.2 Å². The minimum Gasteiger partial charge on any atom is -0.293 e. The number of nitrogens with zero attached hydrogens (tertiary/aromatic N) is 1. The fourth-order valence-corrected chi connectivity index (χ4v) is 3.03. The molecule has 0 bridgehead atoms. The zero-order valence-electron chi connectivity index (χ0n) is 7.17. The van der Waals surface area contributed by atoms with Crippen molar-refractivity contribution in [3.8, 4) is 0 Å². The molecule has 0 aliphatic heterocycles. The van der Waals surface area contributed by atoms with Crippen LogP contribution in [0.5, 0.6) is 0 Å². The molecule has 0 amide bonds. The van der Waals surface area contributed by atoms with E-state index in [4.69, 9.17) is 0 Å². The van der Waals surface area contributed by atoms with Crippen LogP contribution in [0.4, 0.5) is 5.69 Å². The molecule has 0 saturated heterocycles. The Hall–Kier alpha value is -0.0200. The molecule has 4 nitrogen and oxygen atoms in total. The second-order valence-corrected chi connectivity index (χ2v) is 5.09. The van der Waals surface area contributed by atoms with Crippen molar-refractivity contribution < 1.29 is 9.72 Å². The lowest BCUT2D eigenvalue weighted by Crippen LogP contribution is -2.04. The zero-order chi connectivity index (χ0) is 11.6. The van der Waals surface area contributed by atoms with E-state index in [-0.39, 0.29) is 21.3 Å². The monoisotopic (exact) mass is 447 g/mol. The molecule has 80 valence electrons. The van der Waals surface area contributed by atoms with Crippen molar-refractivity contribution in [2.24, 2.45) is 0 Å². The molecule has 0 aromatic heterocycles. The molecule has 0 aliphatic rings. The van der Waals surface area contributed by atoms with Crippen LogP contribution < -0.4 is 0 Å². The van der Waals surface area contributed by atoms with Gasteiger partial charge in [0.1, 0.15) is 4.47 Å². The smallest absolute Gasteiger partial charge is 0.293 e. The average molecular weight is 449 g/mol. The highest BCUT2D eigenvalue weighted by Gasteiger charge is 2.22. The van der Waals surface area contributed by atoms with Crippen LogP contribution in [0.1, 0.15) is 10.4 Å². The Morgan fingerprint density at radius 3 is 2.60 bits per heavy atom. The number of halogens is 3. The summed E-state index contributed by atoms with van der Waals surface area (Å²) in [6, 6.07) is 3.13. The molecule has 0 fully saturated rings. The Morgan fingerprint density at radius 1 is 1.53 bits per heavy atom. The summed E-state index contributed by atoms with van der Waals surface area (Å²) in [7, 11) is 0. The van der Waals surface area contributed by atoms with Gasteiger partial charge in [-0.3, -0.25) is 14.9 Å². The highest BCUT2D eigenvalue weighted by molar-refractivity contribution is 14.1. The van der Waals surface area contributed by atoms with Crippen LogP contribution in [-0.4, -0.2) is 16.0 Å². The maximum Gasteiger partial charge on any atom is 0.297 e. The van der Waals surface area contributed by atoms with Gasteiger partial charge in [0.15, 0.2) is 5.78 Å². The van der Waals surface area contributed by atoms with Crippen molar-refractivity contribution in [1.82, 2.24) is 0 Å². The van der Waals surface area contributed by atoms with E-state index >= 15 is 0 Å². The van der Waals surface area contributed by atoms with Crippen LogP contribution in [-0.2, 0) is 0 Å². The summed E-state index contributed by atoms with van der Waals surface area (Å²) >= 11 is 7.97. The maximum absolute atomic E-state index is 11.4. The van der Waals surface area contributed by atoms with Gasteiger partial charge in [0.25, 0.3) is 5.69 Å². The van der Waals surface area contributed by atoms with Crippen LogP contribution >= 0.6 is 54.5 Å².